The van der Waals surface area contributed by atoms with Crippen molar-refractivity contribution in [3.05, 3.63) is 0 Å². The highest BCUT2D eigenvalue weighted by Gasteiger charge is 2.21. The Morgan fingerprint density at radius 2 is 1.75 bits per heavy atom. The standard InChI is InChI=1S/C17H35N3/c1-15(2)14-20-11-8-16(9-12-20)18-10-13-19(3)17-6-4-5-7-17/h15-18H,4-14H2,1-3H3. The molecule has 0 spiro atoms. The van der Waals surface area contributed by atoms with Crippen LogP contribution in [0.3, 0.4) is 0 Å². The van der Waals surface area contributed by atoms with Crippen molar-refractivity contribution in [2.45, 2.75) is 64.5 Å². The molecule has 3 heteroatoms. The van der Waals surface area contributed by atoms with Gasteiger partial charge in [-0.1, -0.05) is 26.7 Å². The fourth-order valence-corrected chi connectivity index (χ4v) is 3.81. The molecule has 0 aromatic carbocycles. The molecule has 3 nitrogen and oxygen atoms in total. The zero-order valence-corrected chi connectivity index (χ0v) is 13.9. The van der Waals surface area contributed by atoms with Crippen LogP contribution in [0, 0.1) is 5.92 Å². The Morgan fingerprint density at radius 1 is 1.10 bits per heavy atom. The molecule has 1 aliphatic heterocycles. The van der Waals surface area contributed by atoms with Gasteiger partial charge in [-0.15, -0.1) is 0 Å². The second kappa shape index (κ2) is 8.35. The van der Waals surface area contributed by atoms with Crippen LogP contribution in [0.4, 0.5) is 0 Å². The molecule has 0 unspecified atom stereocenters. The number of piperidine rings is 1. The molecule has 2 aliphatic rings. The minimum atomic E-state index is 0.760. The topological polar surface area (TPSA) is 18.5 Å². The van der Waals surface area contributed by atoms with Crippen molar-refractivity contribution in [3.8, 4) is 0 Å². The van der Waals surface area contributed by atoms with Crippen molar-refractivity contribution in [3.63, 3.8) is 0 Å². The lowest BCUT2D eigenvalue weighted by atomic mass is 10.0. The molecule has 0 aromatic rings. The lowest BCUT2D eigenvalue weighted by Gasteiger charge is -2.34. The molecule has 1 saturated heterocycles. The highest BCUT2D eigenvalue weighted by atomic mass is 15.2. The van der Waals surface area contributed by atoms with Crippen LogP contribution in [0.2, 0.25) is 0 Å². The number of likely N-dealkylation sites (N-methyl/N-ethyl adjacent to an activating group) is 1. The molecule has 0 aromatic heterocycles. The summed E-state index contributed by atoms with van der Waals surface area (Å²) in [6, 6.07) is 1.63. The van der Waals surface area contributed by atoms with Gasteiger partial charge in [0.25, 0.3) is 0 Å². The smallest absolute Gasteiger partial charge is 0.0107 e. The van der Waals surface area contributed by atoms with Gasteiger partial charge in [-0.05, 0) is 51.7 Å². The molecule has 2 fully saturated rings. The first-order chi connectivity index (χ1) is 9.65. The number of hydrogen-bond donors (Lipinski definition) is 1. The third-order valence-electron chi connectivity index (χ3n) is 5.06. The van der Waals surface area contributed by atoms with E-state index in [1.165, 1.54) is 71.2 Å². The molecule has 0 bridgehead atoms. The first-order valence-electron chi connectivity index (χ1n) is 8.81. The summed E-state index contributed by atoms with van der Waals surface area (Å²) in [5.74, 6) is 0.805. The van der Waals surface area contributed by atoms with Gasteiger partial charge in [0.15, 0.2) is 0 Å². The summed E-state index contributed by atoms with van der Waals surface area (Å²) in [4.78, 5) is 5.21. The minimum absolute atomic E-state index is 0.760. The molecule has 1 heterocycles. The van der Waals surface area contributed by atoms with E-state index < -0.39 is 0 Å². The summed E-state index contributed by atoms with van der Waals surface area (Å²) in [6.07, 6.45) is 8.39. The van der Waals surface area contributed by atoms with E-state index in [2.05, 4.69) is 36.0 Å². The Kier molecular flexibility index (Phi) is 6.79. The third-order valence-corrected chi connectivity index (χ3v) is 5.06. The van der Waals surface area contributed by atoms with Crippen molar-refractivity contribution < 1.29 is 0 Å². The van der Waals surface area contributed by atoms with E-state index >= 15 is 0 Å². The van der Waals surface area contributed by atoms with E-state index in [9.17, 15) is 0 Å². The Morgan fingerprint density at radius 3 is 2.35 bits per heavy atom. The van der Waals surface area contributed by atoms with Gasteiger partial charge in [0.1, 0.15) is 0 Å². The molecule has 2 rings (SSSR count). The highest BCUT2D eigenvalue weighted by Crippen LogP contribution is 2.21. The zero-order valence-electron chi connectivity index (χ0n) is 13.9. The zero-order chi connectivity index (χ0) is 14.4. The monoisotopic (exact) mass is 281 g/mol. The molecule has 20 heavy (non-hydrogen) atoms. The maximum atomic E-state index is 3.78. The molecule has 1 aliphatic carbocycles. The highest BCUT2D eigenvalue weighted by molar-refractivity contribution is 4.79. The van der Waals surface area contributed by atoms with Gasteiger partial charge in [-0.2, -0.15) is 0 Å². The van der Waals surface area contributed by atoms with Gasteiger partial charge in [0.2, 0.25) is 0 Å². The van der Waals surface area contributed by atoms with Crippen molar-refractivity contribution in [1.29, 1.82) is 0 Å². The summed E-state index contributed by atoms with van der Waals surface area (Å²) >= 11 is 0. The molecule has 1 saturated carbocycles. The average Bonchev–Trinajstić information content (AvgIpc) is 2.94. The quantitative estimate of drug-likeness (QED) is 0.774. The summed E-state index contributed by atoms with van der Waals surface area (Å²) in [7, 11) is 2.31. The first kappa shape index (κ1) is 16.3. The number of rotatable bonds is 7. The van der Waals surface area contributed by atoms with Crippen molar-refractivity contribution in [2.24, 2.45) is 5.92 Å². The lowest BCUT2D eigenvalue weighted by Crippen LogP contribution is -2.45. The Hall–Kier alpha value is -0.120. The van der Waals surface area contributed by atoms with Crippen molar-refractivity contribution in [1.82, 2.24) is 15.1 Å². The summed E-state index contributed by atoms with van der Waals surface area (Å²) in [6.45, 7) is 10.9. The van der Waals surface area contributed by atoms with Crippen LogP contribution in [-0.4, -0.2) is 61.7 Å². The second-order valence-electron chi connectivity index (χ2n) is 7.34. The Bertz CT molecular complexity index is 253. The van der Waals surface area contributed by atoms with E-state index in [-0.39, 0.29) is 0 Å². The van der Waals surface area contributed by atoms with Crippen molar-refractivity contribution in [2.75, 3.05) is 39.8 Å². The largest absolute Gasteiger partial charge is 0.313 e. The Balaban J connectivity index is 1.54. The Labute approximate surface area is 126 Å². The first-order valence-corrected chi connectivity index (χ1v) is 8.81. The molecular weight excluding hydrogens is 246 g/mol. The maximum absolute atomic E-state index is 3.78. The normalized spacial score (nSPS) is 23.2. The summed E-state index contributed by atoms with van der Waals surface area (Å²) in [5, 5.41) is 3.78. The predicted octanol–water partition coefficient (Wildman–Crippen LogP) is 2.57. The van der Waals surface area contributed by atoms with E-state index in [1.54, 1.807) is 0 Å². The van der Waals surface area contributed by atoms with Crippen LogP contribution in [0.25, 0.3) is 0 Å². The van der Waals surface area contributed by atoms with E-state index in [1.807, 2.05) is 0 Å². The molecule has 0 radical (unpaired) electrons. The maximum Gasteiger partial charge on any atom is 0.0107 e. The third kappa shape index (κ3) is 5.34. The number of nitrogens with one attached hydrogen (secondary N) is 1. The second-order valence-corrected chi connectivity index (χ2v) is 7.34. The molecule has 0 atom stereocenters. The minimum Gasteiger partial charge on any atom is -0.313 e. The SMILES string of the molecule is CC(C)CN1CCC(NCCN(C)C2CCCC2)CC1. The van der Waals surface area contributed by atoms with E-state index in [0.717, 1.165) is 18.0 Å². The number of hydrogen-bond acceptors (Lipinski definition) is 3. The number of likely N-dealkylation sites (tertiary alicyclic amines) is 1. The fraction of sp³-hybridized carbons (Fsp3) is 1.00. The van der Waals surface area contributed by atoms with E-state index in [0.29, 0.717) is 0 Å². The van der Waals surface area contributed by atoms with Gasteiger partial charge >= 0.3 is 0 Å². The molecular formula is C17H35N3. The summed E-state index contributed by atoms with van der Waals surface area (Å²) < 4.78 is 0. The van der Waals surface area contributed by atoms with Crippen molar-refractivity contribution >= 4 is 0 Å². The van der Waals surface area contributed by atoms with Gasteiger partial charge in [-0.3, -0.25) is 0 Å². The predicted molar refractivity (Wildman–Crippen MR) is 87.2 cm³/mol. The van der Waals surface area contributed by atoms with E-state index in [4.69, 9.17) is 0 Å². The lowest BCUT2D eigenvalue weighted by molar-refractivity contribution is 0.175. The van der Waals surface area contributed by atoms with Crippen LogP contribution in [0.1, 0.15) is 52.4 Å². The van der Waals surface area contributed by atoms with Crippen LogP contribution in [-0.2, 0) is 0 Å². The van der Waals surface area contributed by atoms with Crippen LogP contribution in [0.5, 0.6) is 0 Å². The van der Waals surface area contributed by atoms with Gasteiger partial charge < -0.3 is 15.1 Å². The van der Waals surface area contributed by atoms with Crippen LogP contribution >= 0.6 is 0 Å². The number of nitrogens with zero attached hydrogens (tertiary/aromatic N) is 2. The van der Waals surface area contributed by atoms with Gasteiger partial charge in [0, 0.05) is 31.7 Å². The molecule has 0 amide bonds. The van der Waals surface area contributed by atoms with Crippen LogP contribution in [0.15, 0.2) is 0 Å². The molecule has 118 valence electrons. The molecule has 1 N–H and O–H groups in total. The summed E-state index contributed by atoms with van der Waals surface area (Å²) in [5.41, 5.74) is 0. The van der Waals surface area contributed by atoms with Crippen LogP contribution < -0.4 is 5.32 Å². The fourth-order valence-electron chi connectivity index (χ4n) is 3.81. The van der Waals surface area contributed by atoms with Gasteiger partial charge in [0.05, 0.1) is 0 Å². The van der Waals surface area contributed by atoms with Gasteiger partial charge in [-0.25, -0.2) is 0 Å². The average molecular weight is 281 g/mol.